The molecule has 2 aliphatic rings. The molecule has 12 heteroatoms. The van der Waals surface area contributed by atoms with Gasteiger partial charge >= 0.3 is 19.8 Å². The maximum absolute atomic E-state index is 12.2. The summed E-state index contributed by atoms with van der Waals surface area (Å²) in [5, 5.41) is 22.2. The minimum atomic E-state index is -5.08. The first kappa shape index (κ1) is 38.1. The van der Waals surface area contributed by atoms with Crippen LogP contribution in [0.15, 0.2) is 48.6 Å². The number of esters is 2. The highest BCUT2D eigenvalue weighted by atomic mass is 31.2. The number of carbonyl (C=O) groups is 2. The molecule has 0 amide bonds. The lowest BCUT2D eigenvalue weighted by molar-refractivity contribution is -0.151. The molecule has 0 bridgehead atoms. The molecular formula is C32H52NO10P. The van der Waals surface area contributed by atoms with Crippen LogP contribution < -0.4 is 5.73 Å². The van der Waals surface area contributed by atoms with Gasteiger partial charge in [-0.05, 0) is 69.4 Å². The van der Waals surface area contributed by atoms with Gasteiger partial charge in [-0.2, -0.15) is 0 Å². The number of hydrogen-bond donors (Lipinski definition) is 5. The highest BCUT2D eigenvalue weighted by Gasteiger charge is 2.40. The van der Waals surface area contributed by atoms with E-state index in [1.165, 1.54) is 24.3 Å². The molecule has 11 nitrogen and oxygen atoms in total. The zero-order valence-corrected chi connectivity index (χ0v) is 27.1. The van der Waals surface area contributed by atoms with Gasteiger partial charge in [-0.15, -0.1) is 0 Å². The van der Waals surface area contributed by atoms with E-state index in [1.807, 2.05) is 13.0 Å². The first-order valence-electron chi connectivity index (χ1n) is 15.8. The number of phosphoric ester groups is 1. The predicted molar refractivity (Wildman–Crippen MR) is 167 cm³/mol. The number of ether oxygens (including phenoxy) is 2. The van der Waals surface area contributed by atoms with E-state index in [0.717, 1.165) is 38.5 Å². The van der Waals surface area contributed by atoms with Crippen molar-refractivity contribution in [1.29, 1.82) is 0 Å². The van der Waals surface area contributed by atoms with Crippen molar-refractivity contribution in [3.8, 4) is 0 Å². The summed E-state index contributed by atoms with van der Waals surface area (Å²) in [6.07, 6.45) is 15.0. The molecule has 0 saturated heterocycles. The molecule has 250 valence electrons. The fraction of sp³-hybridized carbons (Fsp3) is 0.688. The van der Waals surface area contributed by atoms with Crippen molar-refractivity contribution < 1.29 is 48.2 Å². The third-order valence-electron chi connectivity index (χ3n) is 8.35. The summed E-state index contributed by atoms with van der Waals surface area (Å²) in [6, 6.07) is 0. The van der Waals surface area contributed by atoms with Gasteiger partial charge in [0.1, 0.15) is 23.9 Å². The van der Waals surface area contributed by atoms with Crippen LogP contribution in [0.25, 0.3) is 0 Å². The largest absolute Gasteiger partial charge is 0.469 e. The standard InChI is InChI=1S/C32H52NO10P/c1-4-23(3)13-15-30(35)41-27-12-8-10-24(21-27)9-6-7-11-26(34)22-29(43-44(38,39)40)32(37,19-20-33)18-17-28-25(5-2)14-16-31(36)42-28/h6-7,9,11,14,16-18,23-29,34,37H,4-5,8,10,12-13,15,19-22,33H2,1-3H3,(H2,38,39,40)/b9-6-,11-7-,18-17+/t23-,24+,25-,26-,27-,28-,29+,32-/m0/s1. The Hall–Kier alpha value is -2.11. The van der Waals surface area contributed by atoms with Crippen LogP contribution in [0.1, 0.15) is 85.0 Å². The number of aliphatic hydroxyl groups excluding tert-OH is 1. The monoisotopic (exact) mass is 641 g/mol. The number of phosphoric acid groups is 1. The van der Waals surface area contributed by atoms with Crippen LogP contribution in [0, 0.1) is 17.8 Å². The Kier molecular flexibility index (Phi) is 16.2. The van der Waals surface area contributed by atoms with Crippen molar-refractivity contribution in [2.45, 2.75) is 115 Å². The van der Waals surface area contributed by atoms with Crippen LogP contribution in [-0.2, 0) is 28.2 Å². The Morgan fingerprint density at radius 3 is 2.66 bits per heavy atom. The number of cyclic esters (lactones) is 1. The highest BCUT2D eigenvalue weighted by molar-refractivity contribution is 7.46. The first-order chi connectivity index (χ1) is 20.8. The van der Waals surface area contributed by atoms with Gasteiger partial charge in [0.05, 0.1) is 6.10 Å². The van der Waals surface area contributed by atoms with E-state index in [2.05, 4.69) is 13.8 Å². The van der Waals surface area contributed by atoms with E-state index in [9.17, 15) is 34.2 Å². The molecular weight excluding hydrogens is 589 g/mol. The molecule has 0 radical (unpaired) electrons. The summed E-state index contributed by atoms with van der Waals surface area (Å²) in [5.41, 5.74) is 3.74. The summed E-state index contributed by atoms with van der Waals surface area (Å²) in [5.74, 6) is -0.134. The van der Waals surface area contributed by atoms with Crippen molar-refractivity contribution in [1.82, 2.24) is 0 Å². The molecule has 8 atom stereocenters. The van der Waals surface area contributed by atoms with Gasteiger partial charge in [-0.3, -0.25) is 9.32 Å². The topological polar surface area (TPSA) is 186 Å². The van der Waals surface area contributed by atoms with Crippen LogP contribution >= 0.6 is 7.82 Å². The lowest BCUT2D eigenvalue weighted by Crippen LogP contribution is -2.45. The quantitative estimate of drug-likeness (QED) is 0.0618. The van der Waals surface area contributed by atoms with Gasteiger partial charge in [-0.1, -0.05) is 63.6 Å². The Balaban J connectivity index is 2.04. The maximum Gasteiger partial charge on any atom is 0.469 e. The third kappa shape index (κ3) is 13.9. The van der Waals surface area contributed by atoms with Gasteiger partial charge in [0.15, 0.2) is 0 Å². The fourth-order valence-corrected chi connectivity index (χ4v) is 6.06. The molecule has 1 aliphatic carbocycles. The van der Waals surface area contributed by atoms with Crippen LogP contribution in [-0.4, -0.2) is 68.5 Å². The second kappa shape index (κ2) is 18.8. The minimum absolute atomic E-state index is 0.0480. The SMILES string of the molecule is CC[C@H](C)CCC(=O)O[C@H]1CCC[C@@H](/C=C\C=C/[C@H](O)C[C@@H](OP(=O)(O)O)[C@](O)(/C=C/[C@@H]2OC(=O)C=C[C@@H]2CC)CCN)C1. The zero-order valence-electron chi connectivity index (χ0n) is 26.2. The molecule has 1 fully saturated rings. The third-order valence-corrected chi connectivity index (χ3v) is 8.88. The Bertz CT molecular complexity index is 1070. The van der Waals surface area contributed by atoms with Crippen LogP contribution in [0.4, 0.5) is 0 Å². The van der Waals surface area contributed by atoms with Crippen molar-refractivity contribution in [2.24, 2.45) is 23.5 Å². The van der Waals surface area contributed by atoms with E-state index in [4.69, 9.17) is 19.7 Å². The summed E-state index contributed by atoms with van der Waals surface area (Å²) < 4.78 is 27.8. The van der Waals surface area contributed by atoms with E-state index >= 15 is 0 Å². The number of allylic oxidation sites excluding steroid dienone is 3. The predicted octanol–water partition coefficient (Wildman–Crippen LogP) is 4.40. The average molecular weight is 642 g/mol. The Labute approximate surface area is 261 Å². The normalized spacial score (nSPS) is 26.5. The molecule has 2 rings (SSSR count). The van der Waals surface area contributed by atoms with Gasteiger partial charge < -0.3 is 35.2 Å². The lowest BCUT2D eigenvalue weighted by atomic mass is 9.86. The molecule has 0 aromatic carbocycles. The van der Waals surface area contributed by atoms with Crippen LogP contribution in [0.5, 0.6) is 0 Å². The summed E-state index contributed by atoms with van der Waals surface area (Å²) >= 11 is 0. The van der Waals surface area contributed by atoms with Gasteiger partial charge in [-0.25, -0.2) is 9.36 Å². The van der Waals surface area contributed by atoms with Crippen LogP contribution in [0.3, 0.4) is 0 Å². The number of carbonyl (C=O) groups excluding carboxylic acids is 2. The van der Waals surface area contributed by atoms with E-state index in [0.29, 0.717) is 18.8 Å². The van der Waals surface area contributed by atoms with E-state index in [1.54, 1.807) is 18.2 Å². The van der Waals surface area contributed by atoms with Crippen molar-refractivity contribution in [2.75, 3.05) is 6.54 Å². The second-order valence-electron chi connectivity index (χ2n) is 12.0. The molecule has 0 spiro atoms. The molecule has 1 saturated carbocycles. The molecule has 44 heavy (non-hydrogen) atoms. The maximum atomic E-state index is 12.2. The zero-order chi connectivity index (χ0) is 32.8. The van der Waals surface area contributed by atoms with E-state index < -0.39 is 37.7 Å². The van der Waals surface area contributed by atoms with Crippen LogP contribution in [0.2, 0.25) is 0 Å². The van der Waals surface area contributed by atoms with Gasteiger partial charge in [0.2, 0.25) is 0 Å². The summed E-state index contributed by atoms with van der Waals surface area (Å²) in [4.78, 5) is 43.1. The van der Waals surface area contributed by atoms with Gasteiger partial charge in [0.25, 0.3) is 0 Å². The number of hydrogen-bond acceptors (Lipinski definition) is 9. The molecule has 6 N–H and O–H groups in total. The highest BCUT2D eigenvalue weighted by Crippen LogP contribution is 2.42. The molecule has 0 aromatic rings. The molecule has 0 aromatic heterocycles. The molecule has 1 aliphatic heterocycles. The van der Waals surface area contributed by atoms with E-state index in [-0.39, 0.29) is 43.3 Å². The lowest BCUT2D eigenvalue weighted by Gasteiger charge is -2.35. The smallest absolute Gasteiger partial charge is 0.462 e. The van der Waals surface area contributed by atoms with Gasteiger partial charge in [0, 0.05) is 24.8 Å². The number of nitrogens with two attached hydrogens (primary N) is 1. The van der Waals surface area contributed by atoms with Crippen molar-refractivity contribution in [3.63, 3.8) is 0 Å². The molecule has 0 unspecified atom stereocenters. The number of aliphatic hydroxyl groups is 2. The minimum Gasteiger partial charge on any atom is -0.462 e. The molecule has 1 heterocycles. The summed E-state index contributed by atoms with van der Waals surface area (Å²) in [6.45, 7) is 6.09. The fourth-order valence-electron chi connectivity index (χ4n) is 5.46. The average Bonchev–Trinajstić information content (AvgIpc) is 2.96. The Morgan fingerprint density at radius 2 is 2.00 bits per heavy atom. The Morgan fingerprint density at radius 1 is 1.25 bits per heavy atom. The number of rotatable bonds is 18. The van der Waals surface area contributed by atoms with Crippen molar-refractivity contribution in [3.05, 3.63) is 48.6 Å². The first-order valence-corrected chi connectivity index (χ1v) is 17.3. The second-order valence-corrected chi connectivity index (χ2v) is 13.2. The van der Waals surface area contributed by atoms with Crippen molar-refractivity contribution >= 4 is 19.8 Å². The summed E-state index contributed by atoms with van der Waals surface area (Å²) in [7, 11) is -5.08.